The van der Waals surface area contributed by atoms with Crippen LogP contribution in [-0.2, 0) is 11.3 Å². The van der Waals surface area contributed by atoms with Crippen LogP contribution in [0.15, 0.2) is 15.7 Å². The molecule has 0 aliphatic heterocycles. The molecule has 0 amide bonds. The van der Waals surface area contributed by atoms with Crippen LogP contribution in [0, 0.1) is 38.5 Å². The molecule has 0 unspecified atom stereocenters. The molecule has 2 aromatic rings. The van der Waals surface area contributed by atoms with Crippen molar-refractivity contribution in [2.75, 3.05) is 7.11 Å². The van der Waals surface area contributed by atoms with Crippen LogP contribution in [0.1, 0.15) is 77.3 Å². The molecule has 1 aliphatic carbocycles. The first-order valence-corrected chi connectivity index (χ1v) is 9.66. The third kappa shape index (κ3) is 2.79. The van der Waals surface area contributed by atoms with Gasteiger partial charge in [-0.15, -0.1) is 0 Å². The fourth-order valence-corrected chi connectivity index (χ4v) is 4.24. The predicted octanol–water partition coefficient (Wildman–Crippen LogP) is 5.10. The molecule has 0 radical (unpaired) electrons. The Morgan fingerprint density at radius 2 is 1.82 bits per heavy atom. The van der Waals surface area contributed by atoms with E-state index in [0.717, 1.165) is 28.8 Å². The first kappa shape index (κ1) is 20.3. The van der Waals surface area contributed by atoms with E-state index in [1.165, 1.54) is 5.56 Å². The number of ketones is 1. The third-order valence-corrected chi connectivity index (χ3v) is 6.74. The number of rotatable bonds is 3. The Labute approximate surface area is 167 Å². The summed E-state index contributed by atoms with van der Waals surface area (Å²) in [5.74, 6) is 0.489. The standard InChI is InChI=1S/C23H30N2O3/c1-12-10-16(20(26)19-14(3)24-28-15(19)4)13(2)18-17(12)11-22(5,6)23(7,8)21(18)25-27-9/h10H,11H2,1-9H3/b25-21+. The predicted molar refractivity (Wildman–Crippen MR) is 110 cm³/mol. The molecule has 3 rings (SSSR count). The van der Waals surface area contributed by atoms with Gasteiger partial charge in [0.2, 0.25) is 0 Å². The summed E-state index contributed by atoms with van der Waals surface area (Å²) in [7, 11) is 1.57. The largest absolute Gasteiger partial charge is 0.399 e. The fourth-order valence-electron chi connectivity index (χ4n) is 4.24. The molecule has 1 aliphatic rings. The molecule has 1 aromatic carbocycles. The van der Waals surface area contributed by atoms with Gasteiger partial charge in [0.05, 0.1) is 17.0 Å². The Morgan fingerprint density at radius 1 is 1.18 bits per heavy atom. The summed E-state index contributed by atoms with van der Waals surface area (Å²) in [4.78, 5) is 18.6. The first-order valence-electron chi connectivity index (χ1n) is 9.66. The Morgan fingerprint density at radius 3 is 2.36 bits per heavy atom. The monoisotopic (exact) mass is 382 g/mol. The highest BCUT2D eigenvalue weighted by Gasteiger charge is 2.48. The average molecular weight is 383 g/mol. The highest BCUT2D eigenvalue weighted by Crippen LogP contribution is 2.50. The van der Waals surface area contributed by atoms with E-state index in [-0.39, 0.29) is 16.6 Å². The van der Waals surface area contributed by atoms with Gasteiger partial charge in [-0.1, -0.05) is 38.0 Å². The van der Waals surface area contributed by atoms with Crippen molar-refractivity contribution in [1.29, 1.82) is 0 Å². The molecule has 5 heteroatoms. The molecule has 0 N–H and O–H groups in total. The maximum atomic E-state index is 13.4. The Kier molecular flexibility index (Phi) is 4.77. The highest BCUT2D eigenvalue weighted by atomic mass is 16.6. The zero-order chi connectivity index (χ0) is 21.0. The van der Waals surface area contributed by atoms with Gasteiger partial charge in [0.25, 0.3) is 0 Å². The van der Waals surface area contributed by atoms with Crippen molar-refractivity contribution >= 4 is 11.5 Å². The van der Waals surface area contributed by atoms with E-state index in [0.29, 0.717) is 22.6 Å². The molecule has 0 atom stereocenters. The van der Waals surface area contributed by atoms with Gasteiger partial charge < -0.3 is 9.36 Å². The number of benzene rings is 1. The zero-order valence-electron chi connectivity index (χ0n) is 18.4. The molecule has 0 bridgehead atoms. The lowest BCUT2D eigenvalue weighted by atomic mass is 9.56. The summed E-state index contributed by atoms with van der Waals surface area (Å²) in [6.45, 7) is 16.6. The molecule has 28 heavy (non-hydrogen) atoms. The first-order chi connectivity index (χ1) is 12.9. The van der Waals surface area contributed by atoms with Crippen molar-refractivity contribution in [2.24, 2.45) is 16.0 Å². The summed E-state index contributed by atoms with van der Waals surface area (Å²) in [5.41, 5.74) is 6.84. The number of fused-ring (bicyclic) bond motifs is 1. The maximum absolute atomic E-state index is 13.4. The second-order valence-corrected chi connectivity index (χ2v) is 9.06. The molecular formula is C23H30N2O3. The smallest absolute Gasteiger partial charge is 0.198 e. The topological polar surface area (TPSA) is 64.7 Å². The second-order valence-electron chi connectivity index (χ2n) is 9.06. The molecule has 0 saturated heterocycles. The quantitative estimate of drug-likeness (QED) is 0.547. The number of carbonyl (C=O) groups is 1. The van der Waals surface area contributed by atoms with Gasteiger partial charge in [-0.2, -0.15) is 0 Å². The van der Waals surface area contributed by atoms with Crippen molar-refractivity contribution in [2.45, 2.75) is 61.8 Å². The lowest BCUT2D eigenvalue weighted by Gasteiger charge is -2.47. The van der Waals surface area contributed by atoms with Gasteiger partial charge in [0.15, 0.2) is 5.78 Å². The normalized spacial score (nSPS) is 18.8. The summed E-state index contributed by atoms with van der Waals surface area (Å²) in [6, 6.07) is 2.00. The van der Waals surface area contributed by atoms with E-state index in [2.05, 4.69) is 44.9 Å². The summed E-state index contributed by atoms with van der Waals surface area (Å²) in [6.07, 6.45) is 0.921. The van der Waals surface area contributed by atoms with Crippen LogP contribution in [0.4, 0.5) is 0 Å². The maximum Gasteiger partial charge on any atom is 0.198 e. The highest BCUT2D eigenvalue weighted by molar-refractivity contribution is 6.15. The number of oxime groups is 1. The van der Waals surface area contributed by atoms with E-state index in [1.807, 2.05) is 13.0 Å². The fraction of sp³-hybridized carbons (Fsp3) is 0.522. The molecule has 1 heterocycles. The van der Waals surface area contributed by atoms with Crippen LogP contribution in [0.3, 0.4) is 0 Å². The van der Waals surface area contributed by atoms with E-state index in [4.69, 9.17) is 9.36 Å². The van der Waals surface area contributed by atoms with Gasteiger partial charge in [0.1, 0.15) is 12.9 Å². The number of nitrogens with zero attached hydrogens (tertiary/aromatic N) is 2. The second kappa shape index (κ2) is 6.57. The van der Waals surface area contributed by atoms with Crippen LogP contribution < -0.4 is 0 Å². The number of aromatic nitrogens is 1. The molecule has 0 fully saturated rings. The molecule has 150 valence electrons. The van der Waals surface area contributed by atoms with Crippen molar-refractivity contribution in [3.63, 3.8) is 0 Å². The average Bonchev–Trinajstić information content (AvgIpc) is 2.93. The van der Waals surface area contributed by atoms with E-state index >= 15 is 0 Å². The Bertz CT molecular complexity index is 974. The molecule has 5 nitrogen and oxygen atoms in total. The summed E-state index contributed by atoms with van der Waals surface area (Å²) < 4.78 is 5.23. The lowest BCUT2D eigenvalue weighted by Crippen LogP contribution is -2.46. The number of carbonyl (C=O) groups excluding carboxylic acids is 1. The minimum Gasteiger partial charge on any atom is -0.399 e. The van der Waals surface area contributed by atoms with E-state index < -0.39 is 0 Å². The molecule has 1 aromatic heterocycles. The Hall–Kier alpha value is -2.43. The summed E-state index contributed by atoms with van der Waals surface area (Å²) in [5, 5.41) is 8.40. The molecule has 0 spiro atoms. The van der Waals surface area contributed by atoms with Gasteiger partial charge >= 0.3 is 0 Å². The zero-order valence-corrected chi connectivity index (χ0v) is 18.4. The van der Waals surface area contributed by atoms with Crippen LogP contribution in [0.25, 0.3) is 0 Å². The van der Waals surface area contributed by atoms with Crippen LogP contribution in [0.5, 0.6) is 0 Å². The van der Waals surface area contributed by atoms with Crippen LogP contribution in [-0.4, -0.2) is 23.8 Å². The molecule has 0 saturated carbocycles. The van der Waals surface area contributed by atoms with Gasteiger partial charge in [-0.25, -0.2) is 0 Å². The van der Waals surface area contributed by atoms with Gasteiger partial charge in [0, 0.05) is 16.5 Å². The van der Waals surface area contributed by atoms with Crippen molar-refractivity contribution in [3.05, 3.63) is 50.9 Å². The number of hydrogen-bond donors (Lipinski definition) is 0. The number of aryl methyl sites for hydroxylation is 3. The van der Waals surface area contributed by atoms with Crippen molar-refractivity contribution < 1.29 is 14.2 Å². The van der Waals surface area contributed by atoms with E-state index in [1.54, 1.807) is 21.0 Å². The minimum atomic E-state index is -0.210. The summed E-state index contributed by atoms with van der Waals surface area (Å²) >= 11 is 0. The number of hydrogen-bond acceptors (Lipinski definition) is 5. The van der Waals surface area contributed by atoms with Crippen LogP contribution >= 0.6 is 0 Å². The van der Waals surface area contributed by atoms with Gasteiger partial charge in [-0.05, 0) is 62.3 Å². The lowest BCUT2D eigenvalue weighted by molar-refractivity contribution is 0.103. The van der Waals surface area contributed by atoms with Gasteiger partial charge in [-0.3, -0.25) is 4.79 Å². The van der Waals surface area contributed by atoms with Crippen LogP contribution in [0.2, 0.25) is 0 Å². The van der Waals surface area contributed by atoms with Crippen molar-refractivity contribution in [1.82, 2.24) is 5.16 Å². The third-order valence-electron chi connectivity index (χ3n) is 6.74. The SMILES string of the molecule is CO/N=C1\c2c(C)c(C(=O)c3c(C)noc3C)cc(C)c2CC(C)(C)C1(C)C. The Balaban J connectivity index is 2.31. The van der Waals surface area contributed by atoms with E-state index in [9.17, 15) is 4.79 Å². The minimum absolute atomic E-state index is 0.00173. The molecular weight excluding hydrogens is 352 g/mol. The van der Waals surface area contributed by atoms with Crippen molar-refractivity contribution in [3.8, 4) is 0 Å².